The number of carbonyl (C=O) groups excluding carboxylic acids is 2. The average Bonchev–Trinajstić information content (AvgIpc) is 3.30. The van der Waals surface area contributed by atoms with E-state index in [1.165, 1.54) is 0 Å². The van der Waals surface area contributed by atoms with Gasteiger partial charge in [0.15, 0.2) is 6.61 Å². The fraction of sp³-hybridized carbons (Fsp3) is 0.467. The number of carbonyl (C=O) groups is 2. The van der Waals surface area contributed by atoms with Gasteiger partial charge in [0.05, 0.1) is 0 Å². The van der Waals surface area contributed by atoms with Gasteiger partial charge in [0, 0.05) is 17.6 Å². The first-order valence-electron chi connectivity index (χ1n) is 7.04. The van der Waals surface area contributed by atoms with Crippen LogP contribution in [0.3, 0.4) is 0 Å². The van der Waals surface area contributed by atoms with Crippen molar-refractivity contribution in [3.63, 3.8) is 0 Å². The summed E-state index contributed by atoms with van der Waals surface area (Å²) in [5.74, 6) is 0.818. The lowest BCUT2D eigenvalue weighted by atomic mass is 10.3. The molecule has 0 atom stereocenters. The van der Waals surface area contributed by atoms with Crippen molar-refractivity contribution < 1.29 is 14.3 Å². The lowest BCUT2D eigenvalue weighted by molar-refractivity contribution is -0.123. The maximum Gasteiger partial charge on any atom is 0.258 e. The minimum atomic E-state index is -0.0846. The van der Waals surface area contributed by atoms with Crippen LogP contribution in [0, 0.1) is 5.92 Å². The molecule has 106 valence electrons. The Hall–Kier alpha value is -2.04. The molecule has 1 aromatic rings. The monoisotopic (exact) mass is 274 g/mol. The normalized spacial score (nSPS) is 17.4. The van der Waals surface area contributed by atoms with Crippen LogP contribution in [-0.4, -0.2) is 24.5 Å². The summed E-state index contributed by atoms with van der Waals surface area (Å²) in [7, 11) is 0. The zero-order valence-corrected chi connectivity index (χ0v) is 11.2. The van der Waals surface area contributed by atoms with E-state index in [-0.39, 0.29) is 24.3 Å². The van der Waals surface area contributed by atoms with Crippen LogP contribution >= 0.6 is 0 Å². The van der Waals surface area contributed by atoms with Gasteiger partial charge in [0.1, 0.15) is 5.75 Å². The van der Waals surface area contributed by atoms with Gasteiger partial charge in [-0.2, -0.15) is 0 Å². The summed E-state index contributed by atoms with van der Waals surface area (Å²) in [5.41, 5.74) is 0.761. The van der Waals surface area contributed by atoms with Gasteiger partial charge in [0.25, 0.3) is 5.91 Å². The molecule has 3 rings (SSSR count). The van der Waals surface area contributed by atoms with Crippen LogP contribution in [0.15, 0.2) is 24.3 Å². The summed E-state index contributed by atoms with van der Waals surface area (Å²) in [6.07, 6.45) is 4.12. The highest BCUT2D eigenvalue weighted by Gasteiger charge is 2.29. The first-order valence-corrected chi connectivity index (χ1v) is 7.04. The van der Waals surface area contributed by atoms with Gasteiger partial charge >= 0.3 is 0 Å². The molecule has 2 amide bonds. The SMILES string of the molecule is O=C(COc1ccc(NC(=O)C2CC2)cc1)NC1CC1. The van der Waals surface area contributed by atoms with Crippen LogP contribution in [-0.2, 0) is 9.59 Å². The number of amides is 2. The van der Waals surface area contributed by atoms with Gasteiger partial charge in [0.2, 0.25) is 5.91 Å². The Labute approximate surface area is 117 Å². The average molecular weight is 274 g/mol. The van der Waals surface area contributed by atoms with Crippen LogP contribution in [0.1, 0.15) is 25.7 Å². The van der Waals surface area contributed by atoms with E-state index >= 15 is 0 Å². The molecule has 0 aromatic heterocycles. The van der Waals surface area contributed by atoms with E-state index in [0.717, 1.165) is 31.4 Å². The predicted molar refractivity (Wildman–Crippen MR) is 74.5 cm³/mol. The second kappa shape index (κ2) is 5.53. The molecule has 2 aliphatic rings. The molecular formula is C15H18N2O3. The van der Waals surface area contributed by atoms with Crippen molar-refractivity contribution >= 4 is 17.5 Å². The lowest BCUT2D eigenvalue weighted by Gasteiger charge is -2.08. The molecule has 2 N–H and O–H groups in total. The highest BCUT2D eigenvalue weighted by Crippen LogP contribution is 2.30. The third kappa shape index (κ3) is 3.73. The van der Waals surface area contributed by atoms with Gasteiger partial charge in [-0.3, -0.25) is 9.59 Å². The molecule has 5 nitrogen and oxygen atoms in total. The van der Waals surface area contributed by atoms with Crippen molar-refractivity contribution in [1.82, 2.24) is 5.32 Å². The summed E-state index contributed by atoms with van der Waals surface area (Å²) in [6, 6.07) is 7.44. The molecular weight excluding hydrogens is 256 g/mol. The van der Waals surface area contributed by atoms with Crippen molar-refractivity contribution in [3.8, 4) is 5.75 Å². The Balaban J connectivity index is 1.45. The zero-order chi connectivity index (χ0) is 13.9. The van der Waals surface area contributed by atoms with E-state index in [2.05, 4.69) is 10.6 Å². The number of anilines is 1. The van der Waals surface area contributed by atoms with E-state index in [0.29, 0.717) is 11.8 Å². The minimum absolute atomic E-state index is 0.0320. The Morgan fingerprint density at radius 3 is 2.40 bits per heavy atom. The standard InChI is InChI=1S/C15H18N2O3/c18-14(16-11-3-4-11)9-20-13-7-5-12(6-8-13)17-15(19)10-1-2-10/h5-8,10-11H,1-4,9H2,(H,16,18)(H,17,19). The van der Waals surface area contributed by atoms with Crippen molar-refractivity contribution in [2.24, 2.45) is 5.92 Å². The van der Waals surface area contributed by atoms with Crippen LogP contribution in [0.4, 0.5) is 5.69 Å². The van der Waals surface area contributed by atoms with E-state index in [1.807, 2.05) is 0 Å². The molecule has 0 heterocycles. The third-order valence-corrected chi connectivity index (χ3v) is 3.38. The van der Waals surface area contributed by atoms with Gasteiger partial charge in [-0.1, -0.05) is 0 Å². The van der Waals surface area contributed by atoms with E-state index < -0.39 is 0 Å². The fourth-order valence-corrected chi connectivity index (χ4v) is 1.87. The maximum absolute atomic E-state index is 11.6. The van der Waals surface area contributed by atoms with Crippen molar-refractivity contribution in [3.05, 3.63) is 24.3 Å². The van der Waals surface area contributed by atoms with Crippen molar-refractivity contribution in [1.29, 1.82) is 0 Å². The molecule has 0 radical (unpaired) electrons. The lowest BCUT2D eigenvalue weighted by Crippen LogP contribution is -2.30. The Kier molecular flexibility index (Phi) is 3.58. The molecule has 1 aromatic carbocycles. The van der Waals surface area contributed by atoms with Crippen molar-refractivity contribution in [2.45, 2.75) is 31.7 Å². The molecule has 0 aliphatic heterocycles. The summed E-state index contributed by atoms with van der Waals surface area (Å²) in [4.78, 5) is 23.1. The first-order chi connectivity index (χ1) is 9.70. The molecule has 0 unspecified atom stereocenters. The van der Waals surface area contributed by atoms with Crippen LogP contribution < -0.4 is 15.4 Å². The zero-order valence-electron chi connectivity index (χ0n) is 11.2. The van der Waals surface area contributed by atoms with Crippen molar-refractivity contribution in [2.75, 3.05) is 11.9 Å². The molecule has 0 bridgehead atoms. The largest absolute Gasteiger partial charge is 0.484 e. The summed E-state index contributed by atoms with van der Waals surface area (Å²) in [5, 5.41) is 5.72. The Morgan fingerprint density at radius 1 is 1.10 bits per heavy atom. The molecule has 2 fully saturated rings. The molecule has 0 saturated heterocycles. The molecule has 2 saturated carbocycles. The Bertz CT molecular complexity index is 504. The number of nitrogens with one attached hydrogen (secondary N) is 2. The number of hydrogen-bond donors (Lipinski definition) is 2. The van der Waals surface area contributed by atoms with Gasteiger partial charge < -0.3 is 15.4 Å². The predicted octanol–water partition coefficient (Wildman–Crippen LogP) is 1.69. The summed E-state index contributed by atoms with van der Waals surface area (Å²) >= 11 is 0. The van der Waals surface area contributed by atoms with Crippen LogP contribution in [0.25, 0.3) is 0 Å². The summed E-state index contributed by atoms with van der Waals surface area (Å²) < 4.78 is 5.39. The Morgan fingerprint density at radius 2 is 1.80 bits per heavy atom. The van der Waals surface area contributed by atoms with Gasteiger partial charge in [-0.05, 0) is 49.9 Å². The van der Waals surface area contributed by atoms with E-state index in [4.69, 9.17) is 4.74 Å². The summed E-state index contributed by atoms with van der Waals surface area (Å²) in [6.45, 7) is 0.0320. The number of ether oxygens (including phenoxy) is 1. The molecule has 2 aliphatic carbocycles. The van der Waals surface area contributed by atoms with Crippen LogP contribution in [0.2, 0.25) is 0 Å². The number of rotatable bonds is 6. The topological polar surface area (TPSA) is 67.4 Å². The highest BCUT2D eigenvalue weighted by atomic mass is 16.5. The van der Waals surface area contributed by atoms with E-state index in [1.54, 1.807) is 24.3 Å². The highest BCUT2D eigenvalue weighted by molar-refractivity contribution is 5.94. The van der Waals surface area contributed by atoms with Gasteiger partial charge in [-0.15, -0.1) is 0 Å². The third-order valence-electron chi connectivity index (χ3n) is 3.38. The number of benzene rings is 1. The second-order valence-corrected chi connectivity index (χ2v) is 5.42. The van der Waals surface area contributed by atoms with Gasteiger partial charge in [-0.25, -0.2) is 0 Å². The first kappa shape index (κ1) is 13.0. The maximum atomic E-state index is 11.6. The van der Waals surface area contributed by atoms with Crippen LogP contribution in [0.5, 0.6) is 5.75 Å². The second-order valence-electron chi connectivity index (χ2n) is 5.42. The van der Waals surface area contributed by atoms with E-state index in [9.17, 15) is 9.59 Å². The number of hydrogen-bond acceptors (Lipinski definition) is 3. The minimum Gasteiger partial charge on any atom is -0.484 e. The molecule has 0 spiro atoms. The quantitative estimate of drug-likeness (QED) is 0.829. The fourth-order valence-electron chi connectivity index (χ4n) is 1.87. The molecule has 5 heteroatoms. The molecule has 20 heavy (non-hydrogen) atoms. The smallest absolute Gasteiger partial charge is 0.258 e.